The number of fused-ring (bicyclic) bond motifs is 1. The van der Waals surface area contributed by atoms with Crippen molar-refractivity contribution in [3.05, 3.63) is 74.8 Å². The van der Waals surface area contributed by atoms with Gasteiger partial charge in [-0.3, -0.25) is 4.57 Å². The maximum Gasteiger partial charge on any atom is 0.349 e. The van der Waals surface area contributed by atoms with E-state index in [0.717, 1.165) is 32.4 Å². The summed E-state index contributed by atoms with van der Waals surface area (Å²) in [5.41, 5.74) is 2.49. The molecule has 2 heterocycles. The molecule has 1 N–H and O–H groups in total. The molecule has 28 heavy (non-hydrogen) atoms. The van der Waals surface area contributed by atoms with Crippen molar-refractivity contribution >= 4 is 55.9 Å². The molecule has 8 heteroatoms. The monoisotopic (exact) mass is 476 g/mol. The van der Waals surface area contributed by atoms with Crippen molar-refractivity contribution < 1.29 is 14.6 Å². The molecule has 0 fully saturated rings. The Labute approximate surface area is 178 Å². The van der Waals surface area contributed by atoms with E-state index in [4.69, 9.17) is 16.3 Å². The predicted molar refractivity (Wildman–Crippen MR) is 114 cm³/mol. The molecule has 2 aromatic heterocycles. The lowest BCUT2D eigenvalue weighted by molar-refractivity contribution is 0.0696. The summed E-state index contributed by atoms with van der Waals surface area (Å²) in [6, 6.07) is 14.8. The van der Waals surface area contributed by atoms with Crippen LogP contribution in [0.5, 0.6) is 5.75 Å². The van der Waals surface area contributed by atoms with Crippen LogP contribution in [0.15, 0.2) is 59.3 Å². The summed E-state index contributed by atoms with van der Waals surface area (Å²) in [5, 5.41) is 10.9. The number of hydrogen-bond donors (Lipinski definition) is 1. The van der Waals surface area contributed by atoms with Crippen molar-refractivity contribution in [2.45, 2.75) is 13.0 Å². The van der Waals surface area contributed by atoms with Crippen molar-refractivity contribution in [3.8, 4) is 10.8 Å². The number of carboxylic acid groups (broad SMARTS) is 1. The first-order valence-electron chi connectivity index (χ1n) is 8.35. The Morgan fingerprint density at radius 3 is 2.82 bits per heavy atom. The van der Waals surface area contributed by atoms with E-state index >= 15 is 0 Å². The SMILES string of the molecule is C[C@@H](Oc1cc(-n2cnc3cc(Br)ccc32)sc1C(=O)O)c1ccccc1Cl. The number of hydrogen-bond acceptors (Lipinski definition) is 4. The van der Waals surface area contributed by atoms with E-state index in [1.54, 1.807) is 18.5 Å². The van der Waals surface area contributed by atoms with Gasteiger partial charge in [-0.15, -0.1) is 11.3 Å². The van der Waals surface area contributed by atoms with Crippen molar-refractivity contribution in [3.63, 3.8) is 0 Å². The highest BCUT2D eigenvalue weighted by Crippen LogP contribution is 2.37. The average Bonchev–Trinajstić information content (AvgIpc) is 3.25. The molecule has 0 bridgehead atoms. The number of rotatable bonds is 5. The smallest absolute Gasteiger partial charge is 0.349 e. The third-order valence-electron chi connectivity index (χ3n) is 4.27. The third kappa shape index (κ3) is 3.53. The highest BCUT2D eigenvalue weighted by molar-refractivity contribution is 9.10. The Balaban J connectivity index is 1.73. The van der Waals surface area contributed by atoms with Crippen LogP contribution in [0.1, 0.15) is 28.3 Å². The second-order valence-corrected chi connectivity index (χ2v) is 8.47. The van der Waals surface area contributed by atoms with Gasteiger partial charge < -0.3 is 9.84 Å². The van der Waals surface area contributed by atoms with Gasteiger partial charge in [-0.2, -0.15) is 0 Å². The Morgan fingerprint density at radius 2 is 2.07 bits per heavy atom. The van der Waals surface area contributed by atoms with Crippen LogP contribution in [0.25, 0.3) is 16.0 Å². The summed E-state index contributed by atoms with van der Waals surface area (Å²) >= 11 is 10.8. The zero-order valence-electron chi connectivity index (χ0n) is 14.6. The standard InChI is InChI=1S/C20H14BrClN2O3S/c1-11(13-4-2-3-5-14(13)22)27-17-9-18(28-19(17)20(25)26)24-10-23-15-8-12(21)6-7-16(15)24/h2-11H,1H3,(H,25,26)/t11-/m1/s1. The third-order valence-corrected chi connectivity index (χ3v) is 6.21. The number of carboxylic acids is 1. The normalized spacial score (nSPS) is 12.2. The van der Waals surface area contributed by atoms with Crippen LogP contribution in [-0.4, -0.2) is 20.6 Å². The first kappa shape index (κ1) is 19.0. The summed E-state index contributed by atoms with van der Waals surface area (Å²) in [6.45, 7) is 1.84. The van der Waals surface area contributed by atoms with Gasteiger partial charge in [0, 0.05) is 21.1 Å². The number of aromatic nitrogens is 2. The molecule has 0 aliphatic rings. The fourth-order valence-corrected chi connectivity index (χ4v) is 4.49. The minimum Gasteiger partial charge on any atom is -0.484 e. The average molecular weight is 478 g/mol. The predicted octanol–water partition coefficient (Wildman–Crippen LogP) is 6.34. The highest BCUT2D eigenvalue weighted by atomic mass is 79.9. The van der Waals surface area contributed by atoms with E-state index in [0.29, 0.717) is 15.8 Å². The van der Waals surface area contributed by atoms with Gasteiger partial charge in [0.25, 0.3) is 0 Å². The number of halogens is 2. The van der Waals surface area contributed by atoms with Gasteiger partial charge in [0.05, 0.1) is 11.0 Å². The molecule has 0 aliphatic carbocycles. The molecular weight excluding hydrogens is 464 g/mol. The first-order chi connectivity index (χ1) is 13.4. The first-order valence-corrected chi connectivity index (χ1v) is 10.3. The number of aromatic carboxylic acids is 1. The van der Waals surface area contributed by atoms with Gasteiger partial charge in [0.15, 0.2) is 4.88 Å². The maximum absolute atomic E-state index is 11.8. The lowest BCUT2D eigenvalue weighted by atomic mass is 10.1. The molecule has 0 saturated heterocycles. The highest BCUT2D eigenvalue weighted by Gasteiger charge is 2.22. The van der Waals surface area contributed by atoms with E-state index in [2.05, 4.69) is 20.9 Å². The van der Waals surface area contributed by atoms with Gasteiger partial charge in [0.2, 0.25) is 0 Å². The van der Waals surface area contributed by atoms with Gasteiger partial charge in [-0.05, 0) is 31.2 Å². The molecule has 0 unspecified atom stereocenters. The number of carbonyl (C=O) groups is 1. The molecule has 142 valence electrons. The molecule has 0 amide bonds. The molecule has 4 rings (SSSR count). The van der Waals surface area contributed by atoms with E-state index in [1.165, 1.54) is 0 Å². The topological polar surface area (TPSA) is 64.4 Å². The van der Waals surface area contributed by atoms with E-state index < -0.39 is 12.1 Å². The van der Waals surface area contributed by atoms with Gasteiger partial charge in [-0.25, -0.2) is 9.78 Å². The van der Waals surface area contributed by atoms with Crippen molar-refractivity contribution in [1.82, 2.24) is 9.55 Å². The van der Waals surface area contributed by atoms with Gasteiger partial charge in [0.1, 0.15) is 23.2 Å². The molecule has 0 aliphatic heterocycles. The zero-order valence-corrected chi connectivity index (χ0v) is 17.8. The van der Waals surface area contributed by atoms with E-state index in [9.17, 15) is 9.90 Å². The lowest BCUT2D eigenvalue weighted by Gasteiger charge is -2.15. The summed E-state index contributed by atoms with van der Waals surface area (Å²) in [5.74, 6) is -0.733. The van der Waals surface area contributed by atoms with Crippen LogP contribution in [0, 0.1) is 0 Å². The summed E-state index contributed by atoms with van der Waals surface area (Å²) in [7, 11) is 0. The van der Waals surface area contributed by atoms with Crippen LogP contribution in [0.3, 0.4) is 0 Å². The molecule has 2 aromatic carbocycles. The molecule has 0 radical (unpaired) electrons. The van der Waals surface area contributed by atoms with E-state index in [1.807, 2.05) is 47.9 Å². The molecule has 0 saturated carbocycles. The number of benzene rings is 2. The second kappa shape index (κ2) is 7.58. The molecule has 5 nitrogen and oxygen atoms in total. The van der Waals surface area contributed by atoms with Gasteiger partial charge in [-0.1, -0.05) is 45.7 Å². The Bertz CT molecular complexity index is 1190. The molecule has 0 spiro atoms. The van der Waals surface area contributed by atoms with Crippen LogP contribution >= 0.6 is 38.9 Å². The molecular formula is C20H14BrClN2O3S. The lowest BCUT2D eigenvalue weighted by Crippen LogP contribution is -2.06. The summed E-state index contributed by atoms with van der Waals surface area (Å²) < 4.78 is 8.77. The van der Waals surface area contributed by atoms with Crippen LogP contribution in [0.2, 0.25) is 5.02 Å². The molecule has 1 atom stereocenters. The Morgan fingerprint density at radius 1 is 1.29 bits per heavy atom. The number of thiophene rings is 1. The Kier molecular flexibility index (Phi) is 5.14. The molecule has 4 aromatic rings. The quantitative estimate of drug-likeness (QED) is 0.364. The fourth-order valence-electron chi connectivity index (χ4n) is 2.94. The maximum atomic E-state index is 11.8. The van der Waals surface area contributed by atoms with Gasteiger partial charge >= 0.3 is 5.97 Å². The summed E-state index contributed by atoms with van der Waals surface area (Å²) in [4.78, 5) is 16.3. The summed E-state index contributed by atoms with van der Waals surface area (Å²) in [6.07, 6.45) is 1.28. The zero-order chi connectivity index (χ0) is 19.8. The minimum atomic E-state index is -1.04. The van der Waals surface area contributed by atoms with Crippen molar-refractivity contribution in [1.29, 1.82) is 0 Å². The number of ether oxygens (including phenoxy) is 1. The Hall–Kier alpha value is -2.35. The second-order valence-electron chi connectivity index (χ2n) is 6.11. The number of imidazole rings is 1. The van der Waals surface area contributed by atoms with Crippen LogP contribution in [-0.2, 0) is 0 Å². The van der Waals surface area contributed by atoms with Crippen molar-refractivity contribution in [2.24, 2.45) is 0 Å². The van der Waals surface area contributed by atoms with Crippen molar-refractivity contribution in [2.75, 3.05) is 0 Å². The number of nitrogens with zero attached hydrogens (tertiary/aromatic N) is 2. The largest absolute Gasteiger partial charge is 0.484 e. The van der Waals surface area contributed by atoms with Crippen LogP contribution in [0.4, 0.5) is 0 Å². The minimum absolute atomic E-state index is 0.132. The fraction of sp³-hybridized carbons (Fsp3) is 0.100. The van der Waals surface area contributed by atoms with Crippen LogP contribution < -0.4 is 4.74 Å². The van der Waals surface area contributed by atoms with E-state index in [-0.39, 0.29) is 4.88 Å².